The summed E-state index contributed by atoms with van der Waals surface area (Å²) < 4.78 is 0. The van der Waals surface area contributed by atoms with Gasteiger partial charge in [-0.2, -0.15) is 0 Å². The van der Waals surface area contributed by atoms with E-state index in [1.54, 1.807) is 18.2 Å². The van der Waals surface area contributed by atoms with Crippen LogP contribution in [-0.2, 0) is 0 Å². The van der Waals surface area contributed by atoms with Crippen LogP contribution in [0.15, 0.2) is 18.2 Å². The molecule has 0 unspecified atom stereocenters. The van der Waals surface area contributed by atoms with Crippen LogP contribution >= 0.6 is 0 Å². The summed E-state index contributed by atoms with van der Waals surface area (Å²) in [6, 6.07) is 4.64. The molecule has 30 heavy (non-hydrogen) atoms. The second-order valence-electron chi connectivity index (χ2n) is 9.87. The van der Waals surface area contributed by atoms with Gasteiger partial charge < -0.3 is 16.0 Å². The lowest BCUT2D eigenvalue weighted by Crippen LogP contribution is -2.44. The summed E-state index contributed by atoms with van der Waals surface area (Å²) >= 11 is 0. The van der Waals surface area contributed by atoms with E-state index in [2.05, 4.69) is 16.0 Å². The van der Waals surface area contributed by atoms with E-state index in [1.165, 1.54) is 0 Å². The monoisotopic (exact) mass is 417 g/mol. The highest BCUT2D eigenvalue weighted by Gasteiger charge is 2.25. The lowest BCUT2D eigenvalue weighted by atomic mass is 9.97. The topological polar surface area (TPSA) is 87.3 Å². The second-order valence-corrected chi connectivity index (χ2v) is 9.87. The number of carbonyl (C=O) groups excluding carboxylic acids is 3. The molecule has 1 rings (SSSR count). The predicted molar refractivity (Wildman–Crippen MR) is 122 cm³/mol. The van der Waals surface area contributed by atoms with Crippen molar-refractivity contribution in [3.05, 3.63) is 34.9 Å². The fourth-order valence-electron chi connectivity index (χ4n) is 2.42. The molecule has 3 amide bonds. The van der Waals surface area contributed by atoms with E-state index in [1.807, 2.05) is 62.3 Å². The van der Waals surface area contributed by atoms with Crippen LogP contribution in [-0.4, -0.2) is 34.3 Å². The molecule has 0 spiro atoms. The summed E-state index contributed by atoms with van der Waals surface area (Å²) in [4.78, 5) is 38.6. The largest absolute Gasteiger partial charge is 0.347 e. The van der Waals surface area contributed by atoms with Gasteiger partial charge in [0.15, 0.2) is 0 Å². The Kier molecular flexibility index (Phi) is 8.24. The number of hydrogen-bond acceptors (Lipinski definition) is 3. The average Bonchev–Trinajstić information content (AvgIpc) is 2.66. The first-order valence-electron chi connectivity index (χ1n) is 10.8. The van der Waals surface area contributed by atoms with Gasteiger partial charge in [0.25, 0.3) is 17.7 Å². The second kappa shape index (κ2) is 9.63. The molecule has 0 aliphatic carbocycles. The maximum atomic E-state index is 12.9. The molecule has 0 atom stereocenters. The zero-order valence-electron chi connectivity index (χ0n) is 20.1. The van der Waals surface area contributed by atoms with Crippen LogP contribution < -0.4 is 16.0 Å². The summed E-state index contributed by atoms with van der Waals surface area (Å²) in [6.07, 6.45) is 2.25. The number of carbonyl (C=O) groups is 3. The Bertz CT molecular complexity index is 678. The first-order chi connectivity index (χ1) is 13.6. The Hall–Kier alpha value is -2.37. The van der Waals surface area contributed by atoms with Gasteiger partial charge >= 0.3 is 0 Å². The maximum Gasteiger partial charge on any atom is 0.251 e. The molecule has 6 heteroatoms. The third kappa shape index (κ3) is 7.47. The first-order valence-corrected chi connectivity index (χ1v) is 10.8. The molecule has 1 aromatic carbocycles. The van der Waals surface area contributed by atoms with Crippen LogP contribution in [0.25, 0.3) is 0 Å². The van der Waals surface area contributed by atoms with Gasteiger partial charge in [0.05, 0.1) is 0 Å². The summed E-state index contributed by atoms with van der Waals surface area (Å²) in [5.74, 6) is -0.930. The standard InChI is InChI=1S/C24H39N3O3/c1-10-22(4,5)25-19(28)16-13-17(20(29)26-23(6,7)11-2)15-18(14-16)21(30)27-24(8,9)12-3/h13-15H,10-12H2,1-9H3,(H,25,28)(H,26,29)(H,27,30). The van der Waals surface area contributed by atoms with Gasteiger partial charge in [-0.05, 0) is 79.0 Å². The Morgan fingerprint density at radius 1 is 0.567 bits per heavy atom. The summed E-state index contributed by atoms with van der Waals surface area (Å²) in [7, 11) is 0. The Labute approximate surface area is 181 Å². The first kappa shape index (κ1) is 25.7. The summed E-state index contributed by atoms with van der Waals surface area (Å²) in [6.45, 7) is 17.6. The molecule has 0 fully saturated rings. The van der Waals surface area contributed by atoms with Crippen molar-refractivity contribution in [2.75, 3.05) is 0 Å². The highest BCUT2D eigenvalue weighted by atomic mass is 16.2. The van der Waals surface area contributed by atoms with Crippen molar-refractivity contribution in [1.82, 2.24) is 16.0 Å². The van der Waals surface area contributed by atoms with E-state index in [4.69, 9.17) is 0 Å². The van der Waals surface area contributed by atoms with Gasteiger partial charge in [-0.3, -0.25) is 14.4 Å². The minimum atomic E-state index is -0.397. The predicted octanol–water partition coefficient (Wildman–Crippen LogP) is 4.44. The van der Waals surface area contributed by atoms with E-state index in [0.717, 1.165) is 19.3 Å². The Morgan fingerprint density at radius 3 is 0.933 bits per heavy atom. The molecule has 0 saturated heterocycles. The van der Waals surface area contributed by atoms with E-state index < -0.39 is 16.6 Å². The van der Waals surface area contributed by atoms with Crippen LogP contribution in [0, 0.1) is 0 Å². The molecule has 1 aromatic rings. The SMILES string of the molecule is CCC(C)(C)NC(=O)c1cc(C(=O)NC(C)(C)CC)cc(C(=O)NC(C)(C)CC)c1. The number of amides is 3. The van der Waals surface area contributed by atoms with E-state index in [0.29, 0.717) is 0 Å². The fourth-order valence-corrected chi connectivity index (χ4v) is 2.42. The Morgan fingerprint density at radius 2 is 0.767 bits per heavy atom. The van der Waals surface area contributed by atoms with Crippen LogP contribution in [0.1, 0.15) is 113 Å². The molecule has 168 valence electrons. The average molecular weight is 418 g/mol. The van der Waals surface area contributed by atoms with E-state index in [9.17, 15) is 14.4 Å². The highest BCUT2D eigenvalue weighted by Crippen LogP contribution is 2.17. The van der Waals surface area contributed by atoms with E-state index >= 15 is 0 Å². The summed E-state index contributed by atoms with van der Waals surface area (Å²) in [5, 5.41) is 8.91. The van der Waals surface area contributed by atoms with Crippen molar-refractivity contribution in [2.45, 2.75) is 98.2 Å². The molecule has 0 radical (unpaired) electrons. The molecular formula is C24H39N3O3. The number of hydrogen-bond donors (Lipinski definition) is 3. The van der Waals surface area contributed by atoms with Crippen molar-refractivity contribution < 1.29 is 14.4 Å². The third-order valence-electron chi connectivity index (χ3n) is 5.73. The molecule has 0 aliphatic rings. The maximum absolute atomic E-state index is 12.9. The van der Waals surface area contributed by atoms with Gasteiger partial charge in [0.1, 0.15) is 0 Å². The molecule has 0 bridgehead atoms. The third-order valence-corrected chi connectivity index (χ3v) is 5.73. The molecular weight excluding hydrogens is 378 g/mol. The van der Waals surface area contributed by atoms with Crippen LogP contribution in [0.3, 0.4) is 0 Å². The zero-order valence-corrected chi connectivity index (χ0v) is 20.1. The Balaban J connectivity index is 3.39. The van der Waals surface area contributed by atoms with Crippen molar-refractivity contribution in [1.29, 1.82) is 0 Å². The van der Waals surface area contributed by atoms with Gasteiger partial charge in [0, 0.05) is 33.3 Å². The highest BCUT2D eigenvalue weighted by molar-refractivity contribution is 6.05. The van der Waals surface area contributed by atoms with Crippen LogP contribution in [0.4, 0.5) is 0 Å². The van der Waals surface area contributed by atoms with Crippen LogP contribution in [0.5, 0.6) is 0 Å². The van der Waals surface area contributed by atoms with Crippen LogP contribution in [0.2, 0.25) is 0 Å². The molecule has 0 saturated carbocycles. The lowest BCUT2D eigenvalue weighted by molar-refractivity contribution is 0.0909. The van der Waals surface area contributed by atoms with Crippen molar-refractivity contribution >= 4 is 17.7 Å². The smallest absolute Gasteiger partial charge is 0.251 e. The normalized spacial score (nSPS) is 12.3. The molecule has 0 aromatic heterocycles. The number of nitrogens with one attached hydrogen (secondary N) is 3. The van der Waals surface area contributed by atoms with Gasteiger partial charge in [-0.1, -0.05) is 20.8 Å². The minimum absolute atomic E-state index is 0.290. The summed E-state index contributed by atoms with van der Waals surface area (Å²) in [5.41, 5.74) is -0.321. The molecule has 0 aliphatic heterocycles. The van der Waals surface area contributed by atoms with Crippen molar-refractivity contribution in [2.24, 2.45) is 0 Å². The zero-order chi connectivity index (χ0) is 23.3. The van der Waals surface area contributed by atoms with E-state index in [-0.39, 0.29) is 34.4 Å². The van der Waals surface area contributed by atoms with Crippen molar-refractivity contribution in [3.63, 3.8) is 0 Å². The van der Waals surface area contributed by atoms with Gasteiger partial charge in [-0.25, -0.2) is 0 Å². The number of rotatable bonds is 9. The fraction of sp³-hybridized carbons (Fsp3) is 0.625. The molecule has 3 N–H and O–H groups in total. The lowest BCUT2D eigenvalue weighted by Gasteiger charge is -2.27. The minimum Gasteiger partial charge on any atom is -0.347 e. The quantitative estimate of drug-likeness (QED) is 0.555. The molecule has 6 nitrogen and oxygen atoms in total. The van der Waals surface area contributed by atoms with Gasteiger partial charge in [0.2, 0.25) is 0 Å². The molecule has 0 heterocycles. The van der Waals surface area contributed by atoms with Gasteiger partial charge in [-0.15, -0.1) is 0 Å². The van der Waals surface area contributed by atoms with Crippen molar-refractivity contribution in [3.8, 4) is 0 Å². The number of benzene rings is 1.